The molecule has 0 N–H and O–H groups in total. The fraction of sp³-hybridized carbons (Fsp3) is 0.250. The first-order valence-electron chi connectivity index (χ1n) is 9.38. The van der Waals surface area contributed by atoms with Crippen molar-refractivity contribution in [1.82, 2.24) is 19.6 Å². The molecule has 4 aromatic rings. The third kappa shape index (κ3) is 3.21. The van der Waals surface area contributed by atoms with Gasteiger partial charge in [0, 0.05) is 13.0 Å². The highest BCUT2D eigenvalue weighted by Crippen LogP contribution is 2.29. The molecular weight excluding hydrogens is 393 g/mol. The molecule has 0 aliphatic rings. The molecule has 0 amide bonds. The maximum Gasteiger partial charge on any atom is 0.265 e. The van der Waals surface area contributed by atoms with Crippen LogP contribution in [0.3, 0.4) is 0 Å². The lowest BCUT2D eigenvalue weighted by Crippen LogP contribution is -2.33. The van der Waals surface area contributed by atoms with E-state index in [1.54, 1.807) is 0 Å². The van der Waals surface area contributed by atoms with Crippen LogP contribution in [0.5, 0.6) is 0 Å². The fourth-order valence-corrected chi connectivity index (χ4v) is 4.81. The van der Waals surface area contributed by atoms with E-state index in [9.17, 15) is 12.8 Å². The summed E-state index contributed by atoms with van der Waals surface area (Å²) in [4.78, 5) is 4.62. The zero-order valence-electron chi connectivity index (χ0n) is 16.1. The highest BCUT2D eigenvalue weighted by atomic mass is 32.2. The van der Waals surface area contributed by atoms with Crippen LogP contribution in [0.1, 0.15) is 26.1 Å². The number of nitrogens with zero attached hydrogens (tertiary/aromatic N) is 5. The molecule has 2 heterocycles. The van der Waals surface area contributed by atoms with Crippen molar-refractivity contribution in [3.05, 3.63) is 60.2 Å². The Morgan fingerprint density at radius 2 is 1.76 bits per heavy atom. The average molecular weight is 413 g/mol. The number of rotatable bonds is 6. The Labute approximate surface area is 167 Å². The predicted molar refractivity (Wildman–Crippen MR) is 109 cm³/mol. The van der Waals surface area contributed by atoms with Crippen molar-refractivity contribution < 1.29 is 12.8 Å². The zero-order valence-corrected chi connectivity index (χ0v) is 16.9. The molecule has 4 rings (SSSR count). The highest BCUT2D eigenvalue weighted by molar-refractivity contribution is 7.92. The van der Waals surface area contributed by atoms with Crippen molar-refractivity contribution in [2.75, 3.05) is 10.8 Å². The first-order chi connectivity index (χ1) is 14.0. The van der Waals surface area contributed by atoms with Crippen LogP contribution in [-0.2, 0) is 16.4 Å². The van der Waals surface area contributed by atoms with Crippen LogP contribution in [-0.4, -0.2) is 34.5 Å². The first-order valence-corrected chi connectivity index (χ1v) is 10.8. The molecule has 9 heteroatoms. The Kier molecular flexibility index (Phi) is 4.91. The van der Waals surface area contributed by atoms with Gasteiger partial charge in [-0.3, -0.25) is 4.40 Å². The van der Waals surface area contributed by atoms with Crippen molar-refractivity contribution in [3.8, 4) is 0 Å². The van der Waals surface area contributed by atoms with E-state index in [1.807, 2.05) is 42.5 Å². The van der Waals surface area contributed by atoms with Gasteiger partial charge in [0.25, 0.3) is 10.0 Å². The van der Waals surface area contributed by atoms with Gasteiger partial charge >= 0.3 is 0 Å². The number of para-hydroxylation sites is 2. The van der Waals surface area contributed by atoms with Gasteiger partial charge in [-0.25, -0.2) is 22.1 Å². The number of halogens is 1. The molecule has 2 aromatic heterocycles. The minimum absolute atomic E-state index is 0.00399. The number of anilines is 1. The van der Waals surface area contributed by atoms with Gasteiger partial charge in [0.1, 0.15) is 11.6 Å². The van der Waals surface area contributed by atoms with Gasteiger partial charge < -0.3 is 0 Å². The molecule has 7 nitrogen and oxygen atoms in total. The van der Waals surface area contributed by atoms with E-state index in [2.05, 4.69) is 15.2 Å². The second-order valence-corrected chi connectivity index (χ2v) is 8.45. The maximum atomic E-state index is 13.4. The number of aromatic nitrogens is 4. The lowest BCUT2D eigenvalue weighted by Gasteiger charge is -2.23. The quantitative estimate of drug-likeness (QED) is 0.483. The standard InChI is InChI=1S/C20H20FN5O2S/c1-3-13-25(29(27,28)15-11-9-14(21)10-12-15)19-20-24-23-18(4-2)26(20)17-8-6-5-7-16(17)22-19/h5-12H,3-4,13H2,1-2H3. The summed E-state index contributed by atoms with van der Waals surface area (Å²) in [7, 11) is -3.97. The van der Waals surface area contributed by atoms with Gasteiger partial charge in [0.2, 0.25) is 5.65 Å². The van der Waals surface area contributed by atoms with Crippen molar-refractivity contribution in [1.29, 1.82) is 0 Å². The summed E-state index contributed by atoms with van der Waals surface area (Å²) < 4.78 is 43.2. The monoisotopic (exact) mass is 413 g/mol. The molecule has 0 aliphatic carbocycles. The summed E-state index contributed by atoms with van der Waals surface area (Å²) in [5.74, 6) is 0.430. The molecule has 0 unspecified atom stereocenters. The maximum absolute atomic E-state index is 13.4. The second kappa shape index (κ2) is 7.40. The minimum Gasteiger partial charge on any atom is -0.274 e. The average Bonchev–Trinajstić information content (AvgIpc) is 3.16. The van der Waals surface area contributed by atoms with E-state index in [0.717, 1.165) is 23.5 Å². The molecular formula is C20H20FN5O2S. The molecule has 0 radical (unpaired) electrons. The normalized spacial score (nSPS) is 12.0. The van der Waals surface area contributed by atoms with Gasteiger partial charge in [-0.05, 0) is 42.8 Å². The summed E-state index contributed by atoms with van der Waals surface area (Å²) in [5, 5.41) is 8.48. The Morgan fingerprint density at radius 3 is 2.45 bits per heavy atom. The van der Waals surface area contributed by atoms with Gasteiger partial charge in [0.05, 0.1) is 15.9 Å². The fourth-order valence-electron chi connectivity index (χ4n) is 3.30. The van der Waals surface area contributed by atoms with Crippen LogP contribution in [0.15, 0.2) is 53.4 Å². The molecule has 0 fully saturated rings. The van der Waals surface area contributed by atoms with Crippen LogP contribution in [0.4, 0.5) is 10.2 Å². The van der Waals surface area contributed by atoms with Crippen LogP contribution in [0, 0.1) is 5.82 Å². The van der Waals surface area contributed by atoms with Crippen LogP contribution in [0.2, 0.25) is 0 Å². The largest absolute Gasteiger partial charge is 0.274 e. The Bertz CT molecular complexity index is 1290. The van der Waals surface area contributed by atoms with Crippen LogP contribution >= 0.6 is 0 Å². The van der Waals surface area contributed by atoms with Crippen molar-refractivity contribution in [2.45, 2.75) is 31.6 Å². The Balaban J connectivity index is 2.01. The Morgan fingerprint density at radius 1 is 1.03 bits per heavy atom. The molecule has 0 atom stereocenters. The van der Waals surface area contributed by atoms with Gasteiger partial charge in [-0.1, -0.05) is 26.0 Å². The van der Waals surface area contributed by atoms with Gasteiger partial charge in [0.15, 0.2) is 5.82 Å². The van der Waals surface area contributed by atoms with Gasteiger partial charge in [-0.15, -0.1) is 10.2 Å². The molecule has 0 saturated heterocycles. The lowest BCUT2D eigenvalue weighted by molar-refractivity contribution is 0.588. The van der Waals surface area contributed by atoms with Crippen molar-refractivity contribution >= 4 is 32.5 Å². The summed E-state index contributed by atoms with van der Waals surface area (Å²) in [6.45, 7) is 4.05. The highest BCUT2D eigenvalue weighted by Gasteiger charge is 2.29. The van der Waals surface area contributed by atoms with E-state index in [4.69, 9.17) is 0 Å². The van der Waals surface area contributed by atoms with E-state index in [-0.39, 0.29) is 17.3 Å². The van der Waals surface area contributed by atoms with E-state index in [1.165, 1.54) is 16.4 Å². The summed E-state index contributed by atoms with van der Waals surface area (Å²) in [6, 6.07) is 12.2. The van der Waals surface area contributed by atoms with Crippen LogP contribution < -0.4 is 4.31 Å². The molecule has 0 aliphatic heterocycles. The van der Waals surface area contributed by atoms with Crippen molar-refractivity contribution in [3.63, 3.8) is 0 Å². The summed E-state index contributed by atoms with van der Waals surface area (Å²) >= 11 is 0. The molecule has 0 bridgehead atoms. The van der Waals surface area contributed by atoms with E-state index >= 15 is 0 Å². The number of benzene rings is 2. The van der Waals surface area contributed by atoms with Gasteiger partial charge in [-0.2, -0.15) is 0 Å². The molecule has 0 spiro atoms. The van der Waals surface area contributed by atoms with Crippen LogP contribution in [0.25, 0.3) is 16.7 Å². The molecule has 150 valence electrons. The summed E-state index contributed by atoms with van der Waals surface area (Å²) in [6.07, 6.45) is 1.20. The molecule has 2 aromatic carbocycles. The topological polar surface area (TPSA) is 80.5 Å². The first kappa shape index (κ1) is 19.3. The number of hydrogen-bond donors (Lipinski definition) is 0. The Hall–Kier alpha value is -3.07. The number of aryl methyl sites for hydroxylation is 1. The zero-order chi connectivity index (χ0) is 20.6. The lowest BCUT2D eigenvalue weighted by atomic mass is 10.3. The smallest absolute Gasteiger partial charge is 0.265 e. The second-order valence-electron chi connectivity index (χ2n) is 6.58. The SMILES string of the molecule is CCCN(c1nc2ccccc2n2c(CC)nnc12)S(=O)(=O)c1ccc(F)cc1. The minimum atomic E-state index is -3.97. The molecule has 29 heavy (non-hydrogen) atoms. The number of fused-ring (bicyclic) bond motifs is 3. The van der Waals surface area contributed by atoms with Crippen molar-refractivity contribution in [2.24, 2.45) is 0 Å². The molecule has 0 saturated carbocycles. The predicted octanol–water partition coefficient (Wildman–Crippen LogP) is 3.58. The van der Waals surface area contributed by atoms with E-state index in [0.29, 0.717) is 24.0 Å². The third-order valence-electron chi connectivity index (χ3n) is 4.66. The van der Waals surface area contributed by atoms with E-state index < -0.39 is 15.8 Å². The number of sulfonamides is 1. The summed E-state index contributed by atoms with van der Waals surface area (Å²) in [5.41, 5.74) is 1.82. The number of hydrogen-bond acceptors (Lipinski definition) is 5. The third-order valence-corrected chi connectivity index (χ3v) is 6.46.